The first-order valence-electron chi connectivity index (χ1n) is 8.66. The van der Waals surface area contributed by atoms with E-state index in [1.165, 1.54) is 24.3 Å². The molecule has 0 unspecified atom stereocenters. The normalized spacial score (nSPS) is 11.4. The van der Waals surface area contributed by atoms with Gasteiger partial charge in [0.1, 0.15) is 17.3 Å². The molecule has 0 aliphatic heterocycles. The minimum Gasteiger partial charge on any atom is -0.441 e. The lowest BCUT2D eigenvalue weighted by molar-refractivity contribution is -0.118. The summed E-state index contributed by atoms with van der Waals surface area (Å²) in [7, 11) is -3.77. The zero-order valence-corrected chi connectivity index (χ0v) is 17.1. The summed E-state index contributed by atoms with van der Waals surface area (Å²) in [4.78, 5) is 16.3. The number of carbonyl (C=O) groups is 1. The monoisotopic (exact) mass is 436 g/mol. The van der Waals surface area contributed by atoms with Crippen LogP contribution in [0.15, 0.2) is 52.9 Å². The molecular formula is C20H18ClFN2O4S. The fraction of sp³-hybridized carbons (Fsp3) is 0.200. The van der Waals surface area contributed by atoms with Crippen LogP contribution in [0.1, 0.15) is 17.0 Å². The topological polar surface area (TPSA) is 89.3 Å². The summed E-state index contributed by atoms with van der Waals surface area (Å²) in [5.41, 5.74) is 1.53. The van der Waals surface area contributed by atoms with E-state index in [4.69, 9.17) is 16.0 Å². The van der Waals surface area contributed by atoms with Crippen molar-refractivity contribution >= 4 is 27.3 Å². The highest BCUT2D eigenvalue weighted by atomic mass is 35.5. The molecule has 0 fully saturated rings. The fourth-order valence-corrected chi connectivity index (χ4v) is 4.10. The van der Waals surface area contributed by atoms with Crippen LogP contribution in [0.5, 0.6) is 0 Å². The van der Waals surface area contributed by atoms with E-state index < -0.39 is 27.3 Å². The van der Waals surface area contributed by atoms with E-state index >= 15 is 0 Å². The lowest BCUT2D eigenvalue weighted by Gasteiger charge is -2.06. The molecule has 6 nitrogen and oxygen atoms in total. The van der Waals surface area contributed by atoms with Gasteiger partial charge in [0.2, 0.25) is 11.8 Å². The highest BCUT2D eigenvalue weighted by molar-refractivity contribution is 7.91. The van der Waals surface area contributed by atoms with Gasteiger partial charge >= 0.3 is 0 Å². The molecule has 9 heteroatoms. The number of halogens is 2. The smallest absolute Gasteiger partial charge is 0.235 e. The number of nitrogens with zero attached hydrogens (tertiary/aromatic N) is 1. The number of amides is 1. The molecule has 152 valence electrons. The first-order valence-corrected chi connectivity index (χ1v) is 10.9. The molecule has 0 spiro atoms. The molecule has 1 N–H and O–H groups in total. The Bertz CT molecular complexity index is 1130. The zero-order valence-electron chi connectivity index (χ0n) is 15.5. The van der Waals surface area contributed by atoms with Crippen LogP contribution in [0.25, 0.3) is 11.5 Å². The first kappa shape index (κ1) is 21.0. The Balaban J connectivity index is 1.63. The SMILES string of the molecule is Cc1oc(-c2cccc(Cl)c2)nc1CS(=O)(=O)CC(=O)NCc1ccc(F)cc1. The van der Waals surface area contributed by atoms with Crippen molar-refractivity contribution in [1.29, 1.82) is 0 Å². The van der Waals surface area contributed by atoms with E-state index in [0.717, 1.165) is 0 Å². The molecule has 0 atom stereocenters. The second-order valence-electron chi connectivity index (χ2n) is 6.47. The van der Waals surface area contributed by atoms with Gasteiger partial charge in [-0.3, -0.25) is 4.79 Å². The summed E-state index contributed by atoms with van der Waals surface area (Å²) < 4.78 is 43.3. The van der Waals surface area contributed by atoms with E-state index in [0.29, 0.717) is 21.9 Å². The number of hydrogen-bond donors (Lipinski definition) is 1. The van der Waals surface area contributed by atoms with Crippen LogP contribution in [0.2, 0.25) is 5.02 Å². The van der Waals surface area contributed by atoms with Crippen LogP contribution < -0.4 is 5.32 Å². The lowest BCUT2D eigenvalue weighted by atomic mass is 10.2. The maximum Gasteiger partial charge on any atom is 0.235 e. The Morgan fingerprint density at radius 3 is 2.62 bits per heavy atom. The summed E-state index contributed by atoms with van der Waals surface area (Å²) in [5.74, 6) is -1.53. The van der Waals surface area contributed by atoms with Gasteiger partial charge in [0, 0.05) is 17.1 Å². The fourth-order valence-electron chi connectivity index (χ4n) is 2.62. The van der Waals surface area contributed by atoms with Crippen molar-refractivity contribution in [3.05, 3.63) is 76.4 Å². The van der Waals surface area contributed by atoms with E-state index in [-0.39, 0.29) is 23.9 Å². The van der Waals surface area contributed by atoms with E-state index in [2.05, 4.69) is 10.3 Å². The van der Waals surface area contributed by atoms with Gasteiger partial charge in [0.25, 0.3) is 0 Å². The number of carbonyl (C=O) groups excluding carboxylic acids is 1. The van der Waals surface area contributed by atoms with Gasteiger partial charge in [-0.15, -0.1) is 0 Å². The standard InChI is InChI=1S/C20H18ClFN2O4S/c1-13-18(24-20(28-13)15-3-2-4-16(21)9-15)11-29(26,27)12-19(25)23-10-14-5-7-17(22)8-6-14/h2-9H,10-12H2,1H3,(H,23,25). The molecule has 0 aliphatic carbocycles. The highest BCUT2D eigenvalue weighted by Gasteiger charge is 2.22. The molecule has 3 rings (SSSR count). The van der Waals surface area contributed by atoms with Crippen LogP contribution in [-0.2, 0) is 26.9 Å². The first-order chi connectivity index (χ1) is 13.7. The van der Waals surface area contributed by atoms with Crippen molar-refractivity contribution in [2.75, 3.05) is 5.75 Å². The summed E-state index contributed by atoms with van der Waals surface area (Å²) >= 11 is 5.96. The molecule has 29 heavy (non-hydrogen) atoms. The van der Waals surface area contributed by atoms with Crippen LogP contribution in [-0.4, -0.2) is 25.1 Å². The summed E-state index contributed by atoms with van der Waals surface area (Å²) in [5, 5.41) is 3.02. The second kappa shape index (κ2) is 8.75. The number of hydrogen-bond acceptors (Lipinski definition) is 5. The Kier molecular flexibility index (Phi) is 6.34. The second-order valence-corrected chi connectivity index (χ2v) is 8.97. The molecular weight excluding hydrogens is 419 g/mol. The van der Waals surface area contributed by atoms with Crippen molar-refractivity contribution in [1.82, 2.24) is 10.3 Å². The molecule has 0 bridgehead atoms. The zero-order chi connectivity index (χ0) is 21.0. The average molecular weight is 437 g/mol. The van der Waals surface area contributed by atoms with Gasteiger partial charge in [-0.05, 0) is 42.8 Å². The van der Waals surface area contributed by atoms with Crippen molar-refractivity contribution in [2.24, 2.45) is 0 Å². The highest BCUT2D eigenvalue weighted by Crippen LogP contribution is 2.25. The van der Waals surface area contributed by atoms with Crippen molar-refractivity contribution < 1.29 is 22.0 Å². The van der Waals surface area contributed by atoms with Crippen LogP contribution >= 0.6 is 11.6 Å². The Morgan fingerprint density at radius 2 is 1.93 bits per heavy atom. The molecule has 0 aliphatic rings. The van der Waals surface area contributed by atoms with E-state index in [1.807, 2.05) is 0 Å². The van der Waals surface area contributed by atoms with Crippen molar-refractivity contribution in [2.45, 2.75) is 19.2 Å². The number of aromatic nitrogens is 1. The number of aryl methyl sites for hydroxylation is 1. The van der Waals surface area contributed by atoms with Crippen molar-refractivity contribution in [3.63, 3.8) is 0 Å². The van der Waals surface area contributed by atoms with Gasteiger partial charge in [-0.25, -0.2) is 17.8 Å². The van der Waals surface area contributed by atoms with Crippen LogP contribution in [0.4, 0.5) is 4.39 Å². The van der Waals surface area contributed by atoms with E-state index in [1.54, 1.807) is 31.2 Å². The Morgan fingerprint density at radius 1 is 1.21 bits per heavy atom. The predicted molar refractivity (Wildman–Crippen MR) is 107 cm³/mol. The van der Waals surface area contributed by atoms with Crippen LogP contribution in [0, 0.1) is 12.7 Å². The van der Waals surface area contributed by atoms with Crippen molar-refractivity contribution in [3.8, 4) is 11.5 Å². The van der Waals surface area contributed by atoms with Gasteiger partial charge in [0.05, 0.1) is 11.4 Å². The maximum atomic E-state index is 12.9. The number of nitrogens with one attached hydrogen (secondary N) is 1. The molecule has 0 saturated heterocycles. The molecule has 2 aromatic carbocycles. The van der Waals surface area contributed by atoms with Gasteiger partial charge in [-0.2, -0.15) is 0 Å². The van der Waals surface area contributed by atoms with Gasteiger partial charge in [-0.1, -0.05) is 29.8 Å². The molecule has 0 saturated carbocycles. The van der Waals surface area contributed by atoms with Gasteiger partial charge < -0.3 is 9.73 Å². The minimum atomic E-state index is -3.77. The molecule has 3 aromatic rings. The predicted octanol–water partition coefficient (Wildman–Crippen LogP) is 3.67. The largest absolute Gasteiger partial charge is 0.441 e. The number of benzene rings is 2. The molecule has 1 heterocycles. The third-order valence-corrected chi connectivity index (χ3v) is 5.73. The molecule has 1 amide bonds. The lowest BCUT2D eigenvalue weighted by Crippen LogP contribution is -2.30. The Hall–Kier alpha value is -2.71. The van der Waals surface area contributed by atoms with E-state index in [9.17, 15) is 17.6 Å². The van der Waals surface area contributed by atoms with Gasteiger partial charge in [0.15, 0.2) is 9.84 Å². The third kappa shape index (κ3) is 5.88. The molecule has 0 radical (unpaired) electrons. The molecule has 1 aromatic heterocycles. The third-order valence-electron chi connectivity index (χ3n) is 4.07. The average Bonchev–Trinajstić information content (AvgIpc) is 3.01. The maximum absolute atomic E-state index is 12.9. The summed E-state index contributed by atoms with van der Waals surface area (Å²) in [6.07, 6.45) is 0. The quantitative estimate of drug-likeness (QED) is 0.610. The number of sulfone groups is 1. The summed E-state index contributed by atoms with van der Waals surface area (Å²) in [6.45, 7) is 1.72. The number of oxazole rings is 1. The minimum absolute atomic E-state index is 0.108. The Labute approximate surface area is 172 Å². The van der Waals surface area contributed by atoms with Crippen LogP contribution in [0.3, 0.4) is 0 Å². The summed E-state index contributed by atoms with van der Waals surface area (Å²) in [6, 6.07) is 12.4. The number of rotatable bonds is 7.